The fraction of sp³-hybridized carbons (Fsp3) is 0.200. The molecule has 4 nitrogen and oxygen atoms in total. The van der Waals surface area contributed by atoms with Gasteiger partial charge in [0.05, 0.1) is 22.7 Å². The fourth-order valence-electron chi connectivity index (χ4n) is 3.82. The van der Waals surface area contributed by atoms with E-state index in [1.165, 1.54) is 31.4 Å². The molecule has 0 aromatic heterocycles. The summed E-state index contributed by atoms with van der Waals surface area (Å²) in [5, 5.41) is 0.268. The third-order valence-electron chi connectivity index (χ3n) is 5.74. The highest BCUT2D eigenvalue weighted by molar-refractivity contribution is 8.01. The SMILES string of the molecule is COc1c(Cl)ccc(Cl)c1C(=O)P(=O)(C(=O)c1c(C)cc(C)c(C)c1C)c1ccccc1. The first kappa shape index (κ1) is 24.3. The lowest BCUT2D eigenvalue weighted by Crippen LogP contribution is -2.22. The Bertz CT molecular complexity index is 1280. The number of ether oxygens (including phenoxy) is 1. The third-order valence-corrected chi connectivity index (χ3v) is 8.97. The summed E-state index contributed by atoms with van der Waals surface area (Å²) in [6, 6.07) is 12.8. The number of rotatable bonds is 6. The molecular formula is C25H23Cl2O4P. The maximum absolute atomic E-state index is 14.6. The Hall–Kier alpha value is -2.39. The molecule has 3 aromatic rings. The van der Waals surface area contributed by atoms with Crippen molar-refractivity contribution in [2.24, 2.45) is 0 Å². The topological polar surface area (TPSA) is 60.4 Å². The van der Waals surface area contributed by atoms with Gasteiger partial charge in [-0.1, -0.05) is 59.6 Å². The largest absolute Gasteiger partial charge is 0.494 e. The predicted molar refractivity (Wildman–Crippen MR) is 131 cm³/mol. The van der Waals surface area contributed by atoms with Crippen molar-refractivity contribution in [2.45, 2.75) is 27.7 Å². The van der Waals surface area contributed by atoms with Gasteiger partial charge in [-0.15, -0.1) is 0 Å². The van der Waals surface area contributed by atoms with Crippen LogP contribution in [0.1, 0.15) is 43.0 Å². The standard InChI is InChI=1S/C25H23Cl2O4P/c1-14-13-15(2)21(17(4)16(14)3)24(28)32(30,18-9-7-6-8-10-18)25(29)22-19(26)11-12-20(27)23(22)31-5/h6-13H,1-5H3. The highest BCUT2D eigenvalue weighted by Crippen LogP contribution is 2.54. The van der Waals surface area contributed by atoms with Crippen LogP contribution in [0.2, 0.25) is 10.0 Å². The van der Waals surface area contributed by atoms with E-state index in [2.05, 4.69) is 0 Å². The Kier molecular flexibility index (Phi) is 7.00. The number of carbonyl (C=O) groups is 2. The van der Waals surface area contributed by atoms with Crippen LogP contribution >= 0.6 is 30.3 Å². The summed E-state index contributed by atoms with van der Waals surface area (Å²) in [6.07, 6.45) is 0. The van der Waals surface area contributed by atoms with Gasteiger partial charge in [-0.3, -0.25) is 9.59 Å². The summed E-state index contributed by atoms with van der Waals surface area (Å²) in [7, 11) is -3.04. The molecule has 1 atom stereocenters. The van der Waals surface area contributed by atoms with Crippen molar-refractivity contribution in [1.82, 2.24) is 0 Å². The number of aryl methyl sites for hydroxylation is 2. The lowest BCUT2D eigenvalue weighted by molar-refractivity contribution is 0.103. The second-order valence-electron chi connectivity index (χ2n) is 7.63. The lowest BCUT2D eigenvalue weighted by atomic mass is 9.95. The molecule has 0 saturated heterocycles. The van der Waals surface area contributed by atoms with Gasteiger partial charge in [0.2, 0.25) is 18.2 Å². The summed E-state index contributed by atoms with van der Waals surface area (Å²) in [5.41, 5.74) is 1.75. The number of carbonyl (C=O) groups excluding carboxylic acids is 2. The van der Waals surface area contributed by atoms with Crippen molar-refractivity contribution >= 4 is 46.7 Å². The molecule has 0 aliphatic carbocycles. The first-order chi connectivity index (χ1) is 15.0. The molecular weight excluding hydrogens is 466 g/mol. The average Bonchev–Trinajstić information content (AvgIpc) is 2.78. The van der Waals surface area contributed by atoms with Crippen molar-refractivity contribution in [3.05, 3.63) is 92.0 Å². The molecule has 0 bridgehead atoms. The lowest BCUT2D eigenvalue weighted by Gasteiger charge is -2.22. The van der Waals surface area contributed by atoms with Gasteiger partial charge in [-0.25, -0.2) is 0 Å². The number of hydrogen-bond acceptors (Lipinski definition) is 4. The van der Waals surface area contributed by atoms with Crippen LogP contribution in [0.5, 0.6) is 5.75 Å². The van der Waals surface area contributed by atoms with Gasteiger partial charge in [0.1, 0.15) is 5.75 Å². The van der Waals surface area contributed by atoms with E-state index in [1.807, 2.05) is 19.9 Å². The summed E-state index contributed by atoms with van der Waals surface area (Å²) in [4.78, 5) is 27.9. The predicted octanol–water partition coefficient (Wildman–Crippen LogP) is 6.90. The number of hydrogen-bond donors (Lipinski definition) is 0. The minimum Gasteiger partial charge on any atom is -0.494 e. The second-order valence-corrected chi connectivity index (χ2v) is 11.0. The first-order valence-corrected chi connectivity index (χ1v) is 12.4. The maximum Gasteiger partial charge on any atom is 0.248 e. The van der Waals surface area contributed by atoms with E-state index in [-0.39, 0.29) is 32.2 Å². The third kappa shape index (κ3) is 3.92. The van der Waals surface area contributed by atoms with Gasteiger partial charge >= 0.3 is 0 Å². The van der Waals surface area contributed by atoms with Gasteiger partial charge in [0, 0.05) is 10.9 Å². The minimum atomic E-state index is -4.37. The molecule has 0 fully saturated rings. The van der Waals surface area contributed by atoms with Crippen molar-refractivity contribution in [1.29, 1.82) is 0 Å². The van der Waals surface area contributed by atoms with Crippen LogP contribution in [-0.4, -0.2) is 18.2 Å². The smallest absolute Gasteiger partial charge is 0.248 e. The van der Waals surface area contributed by atoms with E-state index in [1.54, 1.807) is 32.0 Å². The molecule has 0 spiro atoms. The molecule has 166 valence electrons. The van der Waals surface area contributed by atoms with E-state index in [0.717, 1.165) is 11.1 Å². The van der Waals surface area contributed by atoms with Crippen molar-refractivity contribution in [2.75, 3.05) is 7.11 Å². The van der Waals surface area contributed by atoms with Crippen LogP contribution in [-0.2, 0) is 4.57 Å². The van der Waals surface area contributed by atoms with Crippen molar-refractivity contribution in [3.8, 4) is 5.75 Å². The normalized spacial score (nSPS) is 12.8. The molecule has 0 aliphatic heterocycles. The Balaban J connectivity index is 2.37. The first-order valence-electron chi connectivity index (χ1n) is 9.90. The van der Waals surface area contributed by atoms with Gasteiger partial charge in [-0.2, -0.15) is 0 Å². The van der Waals surface area contributed by atoms with Crippen molar-refractivity contribution in [3.63, 3.8) is 0 Å². The Morgan fingerprint density at radius 2 is 1.34 bits per heavy atom. The molecule has 0 heterocycles. The minimum absolute atomic E-state index is 0.00809. The zero-order chi connectivity index (χ0) is 23.8. The van der Waals surface area contributed by atoms with Crippen LogP contribution in [0.4, 0.5) is 0 Å². The monoisotopic (exact) mass is 488 g/mol. The number of halogens is 2. The highest BCUT2D eigenvalue weighted by atomic mass is 35.5. The van der Waals surface area contributed by atoms with Crippen LogP contribution in [0.15, 0.2) is 48.5 Å². The molecule has 32 heavy (non-hydrogen) atoms. The average molecular weight is 489 g/mol. The van der Waals surface area contributed by atoms with Gasteiger partial charge in [0.25, 0.3) is 0 Å². The van der Waals surface area contributed by atoms with Crippen LogP contribution in [0, 0.1) is 27.7 Å². The quantitative estimate of drug-likeness (QED) is 0.353. The van der Waals surface area contributed by atoms with E-state index < -0.39 is 18.2 Å². The van der Waals surface area contributed by atoms with Crippen molar-refractivity contribution < 1.29 is 18.9 Å². The molecule has 3 aromatic carbocycles. The summed E-state index contributed by atoms with van der Waals surface area (Å²) >= 11 is 12.6. The van der Waals surface area contributed by atoms with Gasteiger partial charge in [0.15, 0.2) is 0 Å². The van der Waals surface area contributed by atoms with E-state index in [4.69, 9.17) is 27.9 Å². The molecule has 0 radical (unpaired) electrons. The highest BCUT2D eigenvalue weighted by Gasteiger charge is 2.45. The summed E-state index contributed by atoms with van der Waals surface area (Å²) < 4.78 is 19.9. The van der Waals surface area contributed by atoms with E-state index >= 15 is 0 Å². The Morgan fingerprint density at radius 1 is 0.781 bits per heavy atom. The van der Waals surface area contributed by atoms with Crippen LogP contribution in [0.25, 0.3) is 0 Å². The molecule has 0 amide bonds. The molecule has 7 heteroatoms. The van der Waals surface area contributed by atoms with Crippen LogP contribution in [0.3, 0.4) is 0 Å². The molecule has 0 N–H and O–H groups in total. The zero-order valence-electron chi connectivity index (χ0n) is 18.5. The van der Waals surface area contributed by atoms with Gasteiger partial charge < -0.3 is 9.30 Å². The molecule has 1 unspecified atom stereocenters. The van der Waals surface area contributed by atoms with Gasteiger partial charge in [-0.05, 0) is 62.1 Å². The Morgan fingerprint density at radius 3 is 1.94 bits per heavy atom. The second kappa shape index (κ2) is 9.23. The fourth-order valence-corrected chi connectivity index (χ4v) is 6.80. The number of benzene rings is 3. The zero-order valence-corrected chi connectivity index (χ0v) is 20.9. The summed E-state index contributed by atoms with van der Waals surface area (Å²) in [5.74, 6) is -0.0124. The Labute approximate surface area is 197 Å². The summed E-state index contributed by atoms with van der Waals surface area (Å²) in [6.45, 7) is 7.42. The van der Waals surface area contributed by atoms with Crippen LogP contribution < -0.4 is 10.0 Å². The molecule has 3 rings (SSSR count). The molecule has 0 saturated carbocycles. The molecule has 0 aliphatic rings. The maximum atomic E-state index is 14.6. The van der Waals surface area contributed by atoms with E-state index in [0.29, 0.717) is 11.1 Å². The van der Waals surface area contributed by atoms with E-state index in [9.17, 15) is 14.2 Å². The number of methoxy groups -OCH3 is 1.